The van der Waals surface area contributed by atoms with Crippen molar-refractivity contribution in [2.45, 2.75) is 12.8 Å². The van der Waals surface area contributed by atoms with Crippen LogP contribution < -0.4 is 10.6 Å². The summed E-state index contributed by atoms with van der Waals surface area (Å²) < 4.78 is 5.50. The summed E-state index contributed by atoms with van der Waals surface area (Å²) in [6.07, 6.45) is 0.714. The van der Waals surface area contributed by atoms with E-state index in [9.17, 15) is 14.4 Å². The van der Waals surface area contributed by atoms with Crippen molar-refractivity contribution in [3.8, 4) is 11.1 Å². The van der Waals surface area contributed by atoms with Crippen LogP contribution in [0.3, 0.4) is 0 Å². The van der Waals surface area contributed by atoms with Gasteiger partial charge < -0.3 is 15.2 Å². The number of rotatable bonds is 7. The van der Waals surface area contributed by atoms with Gasteiger partial charge in [0.2, 0.25) is 0 Å². The van der Waals surface area contributed by atoms with E-state index in [-0.39, 0.29) is 36.2 Å². The second-order valence-corrected chi connectivity index (χ2v) is 7.76. The molecule has 0 spiro atoms. The van der Waals surface area contributed by atoms with Crippen molar-refractivity contribution in [3.63, 3.8) is 0 Å². The Morgan fingerprint density at radius 1 is 0.971 bits per heavy atom. The Morgan fingerprint density at radius 3 is 2.26 bits per heavy atom. The van der Waals surface area contributed by atoms with Crippen molar-refractivity contribution >= 4 is 23.8 Å². The van der Waals surface area contributed by atoms with Crippen LogP contribution in [-0.4, -0.2) is 41.2 Å². The van der Waals surface area contributed by atoms with Crippen molar-refractivity contribution in [1.82, 2.24) is 10.3 Å². The molecule has 0 aliphatic heterocycles. The van der Waals surface area contributed by atoms with E-state index >= 15 is 0 Å². The zero-order chi connectivity index (χ0) is 24.1. The van der Waals surface area contributed by atoms with Gasteiger partial charge in [0.1, 0.15) is 18.1 Å². The number of amides is 2. The summed E-state index contributed by atoms with van der Waals surface area (Å²) in [5, 5.41) is 14.0. The molecule has 34 heavy (non-hydrogen) atoms. The van der Waals surface area contributed by atoms with E-state index in [0.717, 1.165) is 22.3 Å². The number of hydrogen-bond acceptors (Lipinski definition) is 5. The van der Waals surface area contributed by atoms with Crippen molar-refractivity contribution in [1.29, 1.82) is 0 Å². The highest BCUT2D eigenvalue weighted by Gasteiger charge is 2.29. The molecule has 2 amide bonds. The summed E-state index contributed by atoms with van der Waals surface area (Å²) in [6, 6.07) is 20.7. The van der Waals surface area contributed by atoms with Gasteiger partial charge in [0.15, 0.2) is 0 Å². The Morgan fingerprint density at radius 2 is 1.62 bits per heavy atom. The first kappa shape index (κ1) is 22.7. The third kappa shape index (κ3) is 4.96. The lowest BCUT2D eigenvalue weighted by atomic mass is 9.98. The summed E-state index contributed by atoms with van der Waals surface area (Å²) in [7, 11) is 0. The molecule has 1 aromatic heterocycles. The molecule has 172 valence electrons. The molecular weight excluding hydrogens is 434 g/mol. The summed E-state index contributed by atoms with van der Waals surface area (Å²) in [5.74, 6) is -1.44. The number of nitrogens with zero attached hydrogens (tertiary/aromatic N) is 1. The fraction of sp³-hybridized carbons (Fsp3) is 0.154. The zero-order valence-electron chi connectivity index (χ0n) is 18.4. The number of aliphatic carboxylic acids is 1. The molecule has 8 heteroatoms. The normalized spacial score (nSPS) is 12.4. The van der Waals surface area contributed by atoms with Crippen LogP contribution in [0.5, 0.6) is 0 Å². The summed E-state index contributed by atoms with van der Waals surface area (Å²) >= 11 is 0. The number of fused-ring (bicyclic) bond motifs is 3. The number of carbonyl (C=O) groups is 3. The Hall–Kier alpha value is -4.46. The minimum Gasteiger partial charge on any atom is -0.478 e. The molecule has 3 aromatic rings. The molecule has 2 aromatic carbocycles. The van der Waals surface area contributed by atoms with Gasteiger partial charge in [-0.15, -0.1) is 0 Å². The van der Waals surface area contributed by atoms with Crippen LogP contribution in [0.4, 0.5) is 10.6 Å². The molecule has 4 rings (SSSR count). The molecule has 0 bridgehead atoms. The summed E-state index contributed by atoms with van der Waals surface area (Å²) in [6.45, 7) is 1.64. The lowest BCUT2D eigenvalue weighted by Gasteiger charge is -2.14. The molecule has 3 N–H and O–H groups in total. The van der Waals surface area contributed by atoms with E-state index in [1.54, 1.807) is 12.1 Å². The van der Waals surface area contributed by atoms with Gasteiger partial charge in [0, 0.05) is 18.0 Å². The molecule has 0 atom stereocenters. The third-order valence-electron chi connectivity index (χ3n) is 5.56. The van der Waals surface area contributed by atoms with E-state index < -0.39 is 18.0 Å². The lowest BCUT2D eigenvalue weighted by Crippen LogP contribution is -2.25. The largest absolute Gasteiger partial charge is 0.478 e. The molecule has 1 aliphatic rings. The number of pyridine rings is 1. The maximum atomic E-state index is 12.4. The van der Waals surface area contributed by atoms with Gasteiger partial charge in [0.05, 0.1) is 0 Å². The van der Waals surface area contributed by atoms with Gasteiger partial charge in [-0.1, -0.05) is 60.7 Å². The van der Waals surface area contributed by atoms with Crippen LogP contribution >= 0.6 is 0 Å². The average molecular weight is 457 g/mol. The van der Waals surface area contributed by atoms with Gasteiger partial charge in [-0.25, -0.2) is 14.6 Å². The molecule has 1 aliphatic carbocycles. The Labute approximate surface area is 196 Å². The van der Waals surface area contributed by atoms with Crippen LogP contribution in [0.15, 0.2) is 78.4 Å². The summed E-state index contributed by atoms with van der Waals surface area (Å²) in [4.78, 5) is 39.7. The van der Waals surface area contributed by atoms with E-state index in [4.69, 9.17) is 9.84 Å². The molecule has 0 saturated carbocycles. The lowest BCUT2D eigenvalue weighted by molar-refractivity contribution is -0.132. The number of hydrogen-bond donors (Lipinski definition) is 3. The van der Waals surface area contributed by atoms with E-state index in [1.807, 2.05) is 36.4 Å². The number of benzene rings is 2. The highest BCUT2D eigenvalue weighted by Crippen LogP contribution is 2.44. The minimum absolute atomic E-state index is 0.0443. The second-order valence-electron chi connectivity index (χ2n) is 7.76. The van der Waals surface area contributed by atoms with Gasteiger partial charge in [-0.05, 0) is 41.3 Å². The van der Waals surface area contributed by atoms with Crippen molar-refractivity contribution in [3.05, 3.63) is 95.2 Å². The Kier molecular flexibility index (Phi) is 6.68. The molecule has 0 fully saturated rings. The van der Waals surface area contributed by atoms with Crippen LogP contribution in [0.2, 0.25) is 0 Å². The SMILES string of the molecule is C/C(=C\CNC(=O)c1cccc(NC(=O)OCC2c3ccccc3-c3ccccc32)n1)C(=O)O. The predicted molar refractivity (Wildman–Crippen MR) is 127 cm³/mol. The molecule has 0 radical (unpaired) electrons. The standard InChI is InChI=1S/C26H23N3O5/c1-16(25(31)32)13-14-27-24(30)22-11-6-12-23(28-22)29-26(33)34-15-21-19-9-4-2-7-17(19)18-8-3-5-10-20(18)21/h2-13,21H,14-15H2,1H3,(H,27,30)(H,31,32)(H,28,29,33)/b16-13+. The van der Waals surface area contributed by atoms with Crippen LogP contribution in [0.1, 0.15) is 34.5 Å². The number of carbonyl (C=O) groups excluding carboxylic acids is 2. The van der Waals surface area contributed by atoms with Gasteiger partial charge in [0.25, 0.3) is 5.91 Å². The monoisotopic (exact) mass is 457 g/mol. The molecule has 0 unspecified atom stereocenters. The first-order valence-electron chi connectivity index (χ1n) is 10.7. The summed E-state index contributed by atoms with van der Waals surface area (Å²) in [5.41, 5.74) is 4.71. The zero-order valence-corrected chi connectivity index (χ0v) is 18.4. The third-order valence-corrected chi connectivity index (χ3v) is 5.56. The number of ether oxygens (including phenoxy) is 1. The highest BCUT2D eigenvalue weighted by molar-refractivity contribution is 5.93. The fourth-order valence-corrected chi connectivity index (χ4v) is 3.84. The molecular formula is C26H23N3O5. The van der Waals surface area contributed by atoms with Crippen LogP contribution in [-0.2, 0) is 9.53 Å². The first-order valence-corrected chi connectivity index (χ1v) is 10.7. The molecule has 8 nitrogen and oxygen atoms in total. The number of anilines is 1. The number of nitrogens with one attached hydrogen (secondary N) is 2. The Bertz CT molecular complexity index is 1240. The smallest absolute Gasteiger partial charge is 0.412 e. The topological polar surface area (TPSA) is 118 Å². The van der Waals surface area contributed by atoms with Crippen LogP contribution in [0.25, 0.3) is 11.1 Å². The number of aromatic nitrogens is 1. The number of carboxylic acid groups (broad SMARTS) is 1. The molecule has 1 heterocycles. The number of carboxylic acids is 1. The van der Waals surface area contributed by atoms with Gasteiger partial charge in [-0.3, -0.25) is 10.1 Å². The van der Waals surface area contributed by atoms with Crippen molar-refractivity contribution < 1.29 is 24.2 Å². The van der Waals surface area contributed by atoms with Gasteiger partial charge >= 0.3 is 12.1 Å². The van der Waals surface area contributed by atoms with E-state index in [2.05, 4.69) is 27.8 Å². The van der Waals surface area contributed by atoms with E-state index in [0.29, 0.717) is 0 Å². The maximum absolute atomic E-state index is 12.4. The molecule has 0 saturated heterocycles. The average Bonchev–Trinajstić information content (AvgIpc) is 3.16. The van der Waals surface area contributed by atoms with E-state index in [1.165, 1.54) is 19.1 Å². The fourth-order valence-electron chi connectivity index (χ4n) is 3.84. The highest BCUT2D eigenvalue weighted by atomic mass is 16.5. The van der Waals surface area contributed by atoms with Crippen LogP contribution in [0, 0.1) is 0 Å². The quantitative estimate of drug-likeness (QED) is 0.458. The maximum Gasteiger partial charge on any atom is 0.412 e. The second kappa shape index (κ2) is 9.99. The predicted octanol–water partition coefficient (Wildman–Crippen LogP) is 4.20. The van der Waals surface area contributed by atoms with Crippen molar-refractivity contribution in [2.75, 3.05) is 18.5 Å². The van der Waals surface area contributed by atoms with Gasteiger partial charge in [-0.2, -0.15) is 0 Å². The van der Waals surface area contributed by atoms with Crippen molar-refractivity contribution in [2.24, 2.45) is 0 Å². The first-order chi connectivity index (χ1) is 16.4. The Balaban J connectivity index is 1.37. The minimum atomic E-state index is -1.05.